The first-order chi connectivity index (χ1) is 7.93. The summed E-state index contributed by atoms with van der Waals surface area (Å²) >= 11 is 0. The third-order valence-electron chi connectivity index (χ3n) is 2.32. The van der Waals surface area contributed by atoms with Crippen molar-refractivity contribution in [3.05, 3.63) is 29.8 Å². The van der Waals surface area contributed by atoms with E-state index in [-0.39, 0.29) is 10.9 Å². The lowest BCUT2D eigenvalue weighted by Crippen LogP contribution is -2.29. The molecule has 1 unspecified atom stereocenters. The fourth-order valence-electron chi connectivity index (χ4n) is 1.40. The highest BCUT2D eigenvalue weighted by atomic mass is 32.2. The predicted molar refractivity (Wildman–Crippen MR) is 66.0 cm³/mol. The Kier molecular flexibility index (Phi) is 5.07. The average Bonchev–Trinajstić information content (AvgIpc) is 2.26. The van der Waals surface area contributed by atoms with Gasteiger partial charge in [-0.25, -0.2) is 13.6 Å². The molecule has 1 rings (SSSR count). The van der Waals surface area contributed by atoms with Crippen LogP contribution < -0.4 is 10.5 Å². The van der Waals surface area contributed by atoms with Crippen LogP contribution in [-0.2, 0) is 21.3 Å². The summed E-state index contributed by atoms with van der Waals surface area (Å²) in [4.78, 5) is 0.131. The highest BCUT2D eigenvalue weighted by Crippen LogP contribution is 2.08. The van der Waals surface area contributed by atoms with Crippen LogP contribution in [0.3, 0.4) is 0 Å². The molecule has 0 saturated heterocycles. The summed E-state index contributed by atoms with van der Waals surface area (Å²) in [6, 6.07) is 6.75. The Labute approximate surface area is 102 Å². The Bertz CT molecular complexity index is 442. The molecule has 0 bridgehead atoms. The van der Waals surface area contributed by atoms with Crippen LogP contribution in [0.5, 0.6) is 0 Å². The van der Waals surface area contributed by atoms with Crippen LogP contribution in [0.25, 0.3) is 0 Å². The van der Waals surface area contributed by atoms with Crippen LogP contribution in [0.1, 0.15) is 12.5 Å². The molecule has 0 spiro atoms. The number of nitrogens with one attached hydrogen (secondary N) is 1. The number of nitrogens with two attached hydrogens (primary N) is 1. The van der Waals surface area contributed by atoms with E-state index in [4.69, 9.17) is 9.88 Å². The van der Waals surface area contributed by atoms with Gasteiger partial charge in [-0.15, -0.1) is 0 Å². The lowest BCUT2D eigenvalue weighted by Gasteiger charge is -2.12. The Hall–Kier alpha value is -0.950. The van der Waals surface area contributed by atoms with Gasteiger partial charge >= 0.3 is 0 Å². The molecule has 1 aromatic rings. The van der Waals surface area contributed by atoms with Gasteiger partial charge in [-0.3, -0.25) is 0 Å². The SMILES string of the molecule is COCC(C)NCc1ccc(S(N)(=O)=O)cc1. The van der Waals surface area contributed by atoms with Crippen molar-refractivity contribution in [2.24, 2.45) is 5.14 Å². The van der Waals surface area contributed by atoms with Crippen molar-refractivity contribution in [3.8, 4) is 0 Å². The largest absolute Gasteiger partial charge is 0.383 e. The summed E-state index contributed by atoms with van der Waals surface area (Å²) < 4.78 is 27.1. The van der Waals surface area contributed by atoms with Gasteiger partial charge in [0.05, 0.1) is 11.5 Å². The number of benzene rings is 1. The Morgan fingerprint density at radius 3 is 2.41 bits per heavy atom. The van der Waals surface area contributed by atoms with Gasteiger partial charge in [-0.2, -0.15) is 0 Å². The maximum absolute atomic E-state index is 11.0. The molecule has 6 heteroatoms. The number of primary sulfonamides is 1. The predicted octanol–water partition coefficient (Wildman–Crippen LogP) is 0.459. The fraction of sp³-hybridized carbons (Fsp3) is 0.455. The third kappa shape index (κ3) is 4.82. The molecular weight excluding hydrogens is 240 g/mol. The zero-order chi connectivity index (χ0) is 12.9. The second-order valence-electron chi connectivity index (χ2n) is 3.93. The zero-order valence-electron chi connectivity index (χ0n) is 10.0. The smallest absolute Gasteiger partial charge is 0.238 e. The van der Waals surface area contributed by atoms with Crippen LogP contribution >= 0.6 is 0 Å². The van der Waals surface area contributed by atoms with Crippen LogP contribution in [-0.4, -0.2) is 28.2 Å². The monoisotopic (exact) mass is 258 g/mol. The standard InChI is InChI=1S/C11H18N2O3S/c1-9(8-16-2)13-7-10-3-5-11(6-4-10)17(12,14)15/h3-6,9,13H,7-8H2,1-2H3,(H2,12,14,15). The molecular formula is C11H18N2O3S. The van der Waals surface area contributed by atoms with Gasteiger partial charge in [-0.05, 0) is 24.6 Å². The third-order valence-corrected chi connectivity index (χ3v) is 3.25. The van der Waals surface area contributed by atoms with E-state index in [1.165, 1.54) is 12.1 Å². The normalized spacial score (nSPS) is 13.6. The molecule has 96 valence electrons. The molecule has 1 atom stereocenters. The first kappa shape index (κ1) is 14.1. The number of methoxy groups -OCH3 is 1. The molecule has 1 aromatic carbocycles. The minimum atomic E-state index is -3.60. The Morgan fingerprint density at radius 2 is 1.94 bits per heavy atom. The summed E-state index contributed by atoms with van der Waals surface area (Å²) in [6.45, 7) is 3.31. The van der Waals surface area contributed by atoms with Crippen molar-refractivity contribution in [1.82, 2.24) is 5.32 Å². The van der Waals surface area contributed by atoms with E-state index in [1.807, 2.05) is 6.92 Å². The van der Waals surface area contributed by atoms with E-state index in [0.717, 1.165) is 5.56 Å². The molecule has 17 heavy (non-hydrogen) atoms. The van der Waals surface area contributed by atoms with Gasteiger partial charge in [-0.1, -0.05) is 12.1 Å². The van der Waals surface area contributed by atoms with E-state index in [9.17, 15) is 8.42 Å². The van der Waals surface area contributed by atoms with Crippen LogP contribution in [0.15, 0.2) is 29.2 Å². The van der Waals surface area contributed by atoms with Crippen molar-refractivity contribution < 1.29 is 13.2 Å². The van der Waals surface area contributed by atoms with Crippen LogP contribution in [0.4, 0.5) is 0 Å². The first-order valence-corrected chi connectivity index (χ1v) is 6.82. The number of sulfonamides is 1. The molecule has 0 saturated carbocycles. The van der Waals surface area contributed by atoms with Crippen molar-refractivity contribution in [2.45, 2.75) is 24.4 Å². The fourth-order valence-corrected chi connectivity index (χ4v) is 1.91. The highest BCUT2D eigenvalue weighted by molar-refractivity contribution is 7.89. The quantitative estimate of drug-likeness (QED) is 0.776. The van der Waals surface area contributed by atoms with Gasteiger partial charge in [0, 0.05) is 19.7 Å². The first-order valence-electron chi connectivity index (χ1n) is 5.27. The molecule has 0 aliphatic heterocycles. The summed E-state index contributed by atoms with van der Waals surface area (Å²) in [5.41, 5.74) is 1.00. The maximum Gasteiger partial charge on any atom is 0.238 e. The number of ether oxygens (including phenoxy) is 1. The van der Waals surface area contributed by atoms with E-state index in [0.29, 0.717) is 13.2 Å². The highest BCUT2D eigenvalue weighted by Gasteiger charge is 2.07. The molecule has 0 aromatic heterocycles. The zero-order valence-corrected chi connectivity index (χ0v) is 10.8. The molecule has 0 heterocycles. The molecule has 3 N–H and O–H groups in total. The molecule has 0 amide bonds. The van der Waals surface area contributed by atoms with Crippen molar-refractivity contribution in [3.63, 3.8) is 0 Å². The van der Waals surface area contributed by atoms with Crippen LogP contribution in [0.2, 0.25) is 0 Å². The van der Waals surface area contributed by atoms with Gasteiger partial charge in [0.15, 0.2) is 0 Å². The topological polar surface area (TPSA) is 81.4 Å². The van der Waals surface area contributed by atoms with Crippen molar-refractivity contribution in [1.29, 1.82) is 0 Å². The van der Waals surface area contributed by atoms with Gasteiger partial charge in [0.2, 0.25) is 10.0 Å². The van der Waals surface area contributed by atoms with Gasteiger partial charge in [0.1, 0.15) is 0 Å². The number of hydrogen-bond donors (Lipinski definition) is 2. The van der Waals surface area contributed by atoms with Gasteiger partial charge in [0.25, 0.3) is 0 Å². The minimum absolute atomic E-state index is 0.131. The van der Waals surface area contributed by atoms with Crippen molar-refractivity contribution >= 4 is 10.0 Å². The minimum Gasteiger partial charge on any atom is -0.383 e. The lowest BCUT2D eigenvalue weighted by molar-refractivity contribution is 0.171. The Balaban J connectivity index is 2.57. The molecule has 0 aliphatic carbocycles. The molecule has 0 fully saturated rings. The second kappa shape index (κ2) is 6.11. The maximum atomic E-state index is 11.0. The van der Waals surface area contributed by atoms with E-state index >= 15 is 0 Å². The summed E-state index contributed by atoms with van der Waals surface area (Å²) in [7, 11) is -1.95. The van der Waals surface area contributed by atoms with Crippen LogP contribution in [0, 0.1) is 0 Å². The average molecular weight is 258 g/mol. The number of hydrogen-bond acceptors (Lipinski definition) is 4. The van der Waals surface area contributed by atoms with E-state index in [1.54, 1.807) is 19.2 Å². The van der Waals surface area contributed by atoms with Gasteiger partial charge < -0.3 is 10.1 Å². The molecule has 0 radical (unpaired) electrons. The second-order valence-corrected chi connectivity index (χ2v) is 5.49. The van der Waals surface area contributed by atoms with Crippen molar-refractivity contribution in [2.75, 3.05) is 13.7 Å². The summed E-state index contributed by atoms with van der Waals surface area (Å²) in [5, 5.41) is 8.26. The Morgan fingerprint density at radius 1 is 1.35 bits per heavy atom. The lowest BCUT2D eigenvalue weighted by atomic mass is 10.2. The molecule has 0 aliphatic rings. The van der Waals surface area contributed by atoms with E-state index < -0.39 is 10.0 Å². The molecule has 5 nitrogen and oxygen atoms in total. The summed E-state index contributed by atoms with van der Waals surface area (Å²) in [6.07, 6.45) is 0. The van der Waals surface area contributed by atoms with E-state index in [2.05, 4.69) is 5.32 Å². The summed E-state index contributed by atoms with van der Waals surface area (Å²) in [5.74, 6) is 0. The number of rotatable bonds is 6.